The van der Waals surface area contributed by atoms with Gasteiger partial charge in [-0.3, -0.25) is 4.79 Å². The van der Waals surface area contributed by atoms with Crippen LogP contribution in [0.15, 0.2) is 28.6 Å². The third kappa shape index (κ3) is 5.40. The van der Waals surface area contributed by atoms with Gasteiger partial charge >= 0.3 is 5.97 Å². The van der Waals surface area contributed by atoms with Crippen LogP contribution in [0.5, 0.6) is 5.75 Å². The second-order valence-electron chi connectivity index (χ2n) is 4.59. The molecule has 1 N–H and O–H groups in total. The van der Waals surface area contributed by atoms with Gasteiger partial charge < -0.3 is 14.8 Å². The highest BCUT2D eigenvalue weighted by Gasteiger charge is 2.18. The summed E-state index contributed by atoms with van der Waals surface area (Å²) in [6, 6.07) is 7.82. The number of benzene rings is 1. The van der Waals surface area contributed by atoms with Gasteiger partial charge in [0.05, 0.1) is 13.7 Å². The monoisotopic (exact) mass is 353 g/mol. The van der Waals surface area contributed by atoms with Gasteiger partial charge in [0, 0.05) is 6.54 Å². The summed E-state index contributed by atoms with van der Waals surface area (Å²) in [6.07, 6.45) is 0. The van der Waals surface area contributed by atoms with Crippen molar-refractivity contribution in [1.82, 2.24) is 10.2 Å². The fraction of sp³-hybridized carbons (Fsp3) is 0.400. The average Bonchev–Trinajstić information content (AvgIpc) is 3.01. The molecule has 0 amide bonds. The molecule has 0 aliphatic carbocycles. The van der Waals surface area contributed by atoms with Crippen molar-refractivity contribution >= 4 is 34.2 Å². The summed E-state index contributed by atoms with van der Waals surface area (Å²) in [5.41, 5.74) is 1.12. The Hall–Kier alpha value is -1.80. The predicted molar refractivity (Wildman–Crippen MR) is 92.2 cm³/mol. The first-order valence-electron chi connectivity index (χ1n) is 7.16. The fourth-order valence-corrected chi connectivity index (χ4v) is 3.60. The third-order valence-electron chi connectivity index (χ3n) is 2.91. The molecule has 1 aromatic heterocycles. The lowest BCUT2D eigenvalue weighted by Crippen LogP contribution is -2.16. The zero-order valence-corrected chi connectivity index (χ0v) is 14.9. The first kappa shape index (κ1) is 17.6. The van der Waals surface area contributed by atoms with Gasteiger partial charge in [0.15, 0.2) is 4.34 Å². The first-order chi connectivity index (χ1) is 11.1. The highest BCUT2D eigenvalue weighted by atomic mass is 32.2. The largest absolute Gasteiger partial charge is 0.497 e. The standard InChI is InChI=1S/C15H19N3O3S2/c1-4-21-13(19)10(2)22-15-18-17-14(23-15)16-9-11-5-7-12(20-3)8-6-11/h5-8,10H,4,9H2,1-3H3,(H,16,17). The van der Waals surface area contributed by atoms with Gasteiger partial charge in [-0.05, 0) is 31.5 Å². The van der Waals surface area contributed by atoms with E-state index in [1.165, 1.54) is 23.1 Å². The molecule has 0 spiro atoms. The summed E-state index contributed by atoms with van der Waals surface area (Å²) < 4.78 is 10.8. The van der Waals surface area contributed by atoms with Crippen LogP contribution in [0.4, 0.5) is 5.13 Å². The maximum absolute atomic E-state index is 11.6. The number of hydrogen-bond acceptors (Lipinski definition) is 8. The molecule has 2 rings (SSSR count). The molecule has 1 unspecified atom stereocenters. The quantitative estimate of drug-likeness (QED) is 0.577. The number of rotatable bonds is 8. The highest BCUT2D eigenvalue weighted by molar-refractivity contribution is 8.02. The molecule has 2 aromatic rings. The molecule has 1 atom stereocenters. The van der Waals surface area contributed by atoms with Gasteiger partial charge in [0.1, 0.15) is 11.0 Å². The molecule has 0 radical (unpaired) electrons. The Kier molecular flexibility index (Phi) is 6.66. The summed E-state index contributed by atoms with van der Waals surface area (Å²) in [5.74, 6) is 0.594. The first-order valence-corrected chi connectivity index (χ1v) is 8.85. The maximum Gasteiger partial charge on any atom is 0.319 e. The Morgan fingerprint density at radius 2 is 2.09 bits per heavy atom. The van der Waals surface area contributed by atoms with Crippen LogP contribution in [0.25, 0.3) is 0 Å². The minimum atomic E-state index is -0.294. The van der Waals surface area contributed by atoms with Crippen LogP contribution in [-0.4, -0.2) is 35.1 Å². The Morgan fingerprint density at radius 3 is 2.74 bits per heavy atom. The number of carbonyl (C=O) groups excluding carboxylic acids is 1. The van der Waals surface area contributed by atoms with Crippen molar-refractivity contribution in [3.05, 3.63) is 29.8 Å². The molecular weight excluding hydrogens is 334 g/mol. The molecular formula is C15H19N3O3S2. The second-order valence-corrected chi connectivity index (χ2v) is 7.15. The van der Waals surface area contributed by atoms with Crippen molar-refractivity contribution in [3.63, 3.8) is 0 Å². The molecule has 1 heterocycles. The molecule has 1 aromatic carbocycles. The lowest BCUT2D eigenvalue weighted by atomic mass is 10.2. The van der Waals surface area contributed by atoms with Gasteiger partial charge in [-0.2, -0.15) is 0 Å². The van der Waals surface area contributed by atoms with E-state index in [0.717, 1.165) is 20.8 Å². The summed E-state index contributed by atoms with van der Waals surface area (Å²) in [5, 5.41) is 11.8. The van der Waals surface area contributed by atoms with Gasteiger partial charge in [-0.25, -0.2) is 0 Å². The van der Waals surface area contributed by atoms with Crippen LogP contribution in [0, 0.1) is 0 Å². The van der Waals surface area contributed by atoms with Crippen LogP contribution in [0.1, 0.15) is 19.4 Å². The minimum absolute atomic E-state index is 0.236. The number of aromatic nitrogens is 2. The van der Waals surface area contributed by atoms with E-state index < -0.39 is 0 Å². The van der Waals surface area contributed by atoms with Crippen LogP contribution in [0.3, 0.4) is 0 Å². The van der Waals surface area contributed by atoms with Crippen molar-refractivity contribution in [3.8, 4) is 5.75 Å². The van der Waals surface area contributed by atoms with Crippen LogP contribution in [-0.2, 0) is 16.1 Å². The SMILES string of the molecule is CCOC(=O)C(C)Sc1nnc(NCc2ccc(OC)cc2)s1. The van der Waals surface area contributed by atoms with E-state index in [1.807, 2.05) is 24.3 Å². The molecule has 0 saturated heterocycles. The van der Waals surface area contributed by atoms with E-state index in [4.69, 9.17) is 9.47 Å². The van der Waals surface area contributed by atoms with Gasteiger partial charge in [-0.15, -0.1) is 10.2 Å². The number of nitrogens with one attached hydrogen (secondary N) is 1. The number of hydrogen-bond donors (Lipinski definition) is 1. The Bertz CT molecular complexity index is 631. The predicted octanol–water partition coefficient (Wildman–Crippen LogP) is 3.20. The van der Waals surface area contributed by atoms with Crippen LogP contribution < -0.4 is 10.1 Å². The van der Waals surface area contributed by atoms with Gasteiger partial charge in [-0.1, -0.05) is 35.2 Å². The Morgan fingerprint density at radius 1 is 1.35 bits per heavy atom. The number of methoxy groups -OCH3 is 1. The molecule has 124 valence electrons. The molecule has 6 nitrogen and oxygen atoms in total. The van der Waals surface area contributed by atoms with E-state index >= 15 is 0 Å². The topological polar surface area (TPSA) is 73.3 Å². The molecule has 23 heavy (non-hydrogen) atoms. The number of esters is 1. The number of carbonyl (C=O) groups is 1. The summed E-state index contributed by atoms with van der Waals surface area (Å²) in [7, 11) is 1.64. The van der Waals surface area contributed by atoms with E-state index in [1.54, 1.807) is 21.0 Å². The number of anilines is 1. The van der Waals surface area contributed by atoms with Crippen molar-refractivity contribution in [2.45, 2.75) is 30.0 Å². The zero-order chi connectivity index (χ0) is 16.7. The third-order valence-corrected chi connectivity index (χ3v) is 4.95. The zero-order valence-electron chi connectivity index (χ0n) is 13.2. The molecule has 8 heteroatoms. The molecule has 0 aliphatic rings. The van der Waals surface area contributed by atoms with Crippen molar-refractivity contribution in [2.24, 2.45) is 0 Å². The molecule has 0 fully saturated rings. The van der Waals surface area contributed by atoms with E-state index in [-0.39, 0.29) is 11.2 Å². The molecule has 0 bridgehead atoms. The van der Waals surface area contributed by atoms with Crippen molar-refractivity contribution < 1.29 is 14.3 Å². The Balaban J connectivity index is 1.85. The van der Waals surface area contributed by atoms with Crippen LogP contribution >= 0.6 is 23.1 Å². The highest BCUT2D eigenvalue weighted by Crippen LogP contribution is 2.29. The number of ether oxygens (including phenoxy) is 2. The smallest absolute Gasteiger partial charge is 0.319 e. The Labute approximate surface area is 143 Å². The average molecular weight is 353 g/mol. The molecule has 0 aliphatic heterocycles. The lowest BCUT2D eigenvalue weighted by Gasteiger charge is -2.07. The van der Waals surface area contributed by atoms with Gasteiger partial charge in [0.2, 0.25) is 5.13 Å². The van der Waals surface area contributed by atoms with Gasteiger partial charge in [0.25, 0.3) is 0 Å². The summed E-state index contributed by atoms with van der Waals surface area (Å²) in [6.45, 7) is 4.63. The van der Waals surface area contributed by atoms with Crippen molar-refractivity contribution in [1.29, 1.82) is 0 Å². The van der Waals surface area contributed by atoms with Crippen LogP contribution in [0.2, 0.25) is 0 Å². The maximum atomic E-state index is 11.6. The van der Waals surface area contributed by atoms with Crippen molar-refractivity contribution in [2.75, 3.05) is 19.0 Å². The lowest BCUT2D eigenvalue weighted by molar-refractivity contribution is -0.142. The normalized spacial score (nSPS) is 11.8. The fourth-order valence-electron chi connectivity index (χ4n) is 1.71. The minimum Gasteiger partial charge on any atom is -0.497 e. The number of thioether (sulfide) groups is 1. The summed E-state index contributed by atoms with van der Waals surface area (Å²) >= 11 is 2.77. The van der Waals surface area contributed by atoms with E-state index in [9.17, 15) is 4.79 Å². The second kappa shape index (κ2) is 8.73. The van der Waals surface area contributed by atoms with E-state index in [0.29, 0.717) is 13.2 Å². The molecule has 0 saturated carbocycles. The summed E-state index contributed by atoms with van der Waals surface area (Å²) in [4.78, 5) is 11.6. The number of nitrogens with zero attached hydrogens (tertiary/aromatic N) is 2. The van der Waals surface area contributed by atoms with E-state index in [2.05, 4.69) is 15.5 Å².